The van der Waals surface area contributed by atoms with Gasteiger partial charge in [-0.2, -0.15) is 0 Å². The Hall–Kier alpha value is -0.530. The van der Waals surface area contributed by atoms with Crippen molar-refractivity contribution in [3.8, 4) is 0 Å². The fraction of sp³-hybridized carbons (Fsp3) is 0.909. The number of carbonyl (C=O) groups is 1. The highest BCUT2D eigenvalue weighted by Gasteiger charge is 2.32. The standard InChI is InChI=1S/C11H21NO/c1-4-10-9(6-5-8(2)3)7-12-11(10)13/h8-10H,4-7H2,1-3H3,(H,12,13). The molecule has 0 spiro atoms. The summed E-state index contributed by atoms with van der Waals surface area (Å²) in [4.78, 5) is 11.3. The average Bonchev–Trinajstić information content (AvgIpc) is 2.42. The summed E-state index contributed by atoms with van der Waals surface area (Å²) < 4.78 is 0. The predicted molar refractivity (Wildman–Crippen MR) is 54.4 cm³/mol. The summed E-state index contributed by atoms with van der Waals surface area (Å²) >= 11 is 0. The van der Waals surface area contributed by atoms with Crippen molar-refractivity contribution in [2.45, 2.75) is 40.0 Å². The van der Waals surface area contributed by atoms with E-state index in [9.17, 15) is 4.79 Å². The number of carbonyl (C=O) groups excluding carboxylic acids is 1. The van der Waals surface area contributed by atoms with Gasteiger partial charge in [0.05, 0.1) is 0 Å². The second kappa shape index (κ2) is 4.64. The molecule has 0 bridgehead atoms. The van der Waals surface area contributed by atoms with Crippen LogP contribution in [-0.4, -0.2) is 12.5 Å². The van der Waals surface area contributed by atoms with Crippen LogP contribution < -0.4 is 5.32 Å². The van der Waals surface area contributed by atoms with Crippen LogP contribution in [0.4, 0.5) is 0 Å². The first kappa shape index (κ1) is 10.6. The average molecular weight is 183 g/mol. The minimum absolute atomic E-state index is 0.274. The molecule has 0 aromatic heterocycles. The first-order valence-electron chi connectivity index (χ1n) is 5.42. The molecule has 0 radical (unpaired) electrons. The van der Waals surface area contributed by atoms with E-state index in [2.05, 4.69) is 26.1 Å². The van der Waals surface area contributed by atoms with E-state index in [-0.39, 0.29) is 5.91 Å². The molecular formula is C11H21NO. The van der Waals surface area contributed by atoms with Crippen molar-refractivity contribution < 1.29 is 4.79 Å². The Morgan fingerprint density at radius 1 is 1.54 bits per heavy atom. The molecule has 2 atom stereocenters. The molecule has 1 aliphatic heterocycles. The molecule has 0 aromatic rings. The molecule has 1 saturated heterocycles. The van der Waals surface area contributed by atoms with Crippen LogP contribution in [0, 0.1) is 17.8 Å². The Balaban J connectivity index is 2.37. The Morgan fingerprint density at radius 2 is 2.23 bits per heavy atom. The van der Waals surface area contributed by atoms with Gasteiger partial charge >= 0.3 is 0 Å². The predicted octanol–water partition coefficient (Wildman–Crippen LogP) is 2.19. The van der Waals surface area contributed by atoms with E-state index in [1.54, 1.807) is 0 Å². The summed E-state index contributed by atoms with van der Waals surface area (Å²) in [5.74, 6) is 1.92. The molecular weight excluding hydrogens is 162 g/mol. The summed E-state index contributed by atoms with van der Waals surface area (Å²) in [5, 5.41) is 2.96. The van der Waals surface area contributed by atoms with E-state index < -0.39 is 0 Å². The van der Waals surface area contributed by atoms with Gasteiger partial charge in [-0.05, 0) is 24.7 Å². The Morgan fingerprint density at radius 3 is 2.77 bits per heavy atom. The lowest BCUT2D eigenvalue weighted by Gasteiger charge is -2.15. The highest BCUT2D eigenvalue weighted by molar-refractivity contribution is 5.81. The van der Waals surface area contributed by atoms with E-state index in [1.165, 1.54) is 12.8 Å². The van der Waals surface area contributed by atoms with Crippen molar-refractivity contribution in [1.29, 1.82) is 0 Å². The Kier molecular flexibility index (Phi) is 3.76. The zero-order valence-corrected chi connectivity index (χ0v) is 8.97. The van der Waals surface area contributed by atoms with Gasteiger partial charge in [-0.1, -0.05) is 27.2 Å². The molecule has 1 N–H and O–H groups in total. The molecule has 1 rings (SSSR count). The van der Waals surface area contributed by atoms with E-state index in [4.69, 9.17) is 0 Å². The largest absolute Gasteiger partial charge is 0.356 e. The fourth-order valence-electron chi connectivity index (χ4n) is 2.09. The van der Waals surface area contributed by atoms with Gasteiger partial charge in [0.25, 0.3) is 0 Å². The molecule has 1 aliphatic rings. The fourth-order valence-corrected chi connectivity index (χ4v) is 2.09. The normalized spacial score (nSPS) is 28.2. The molecule has 2 heteroatoms. The van der Waals surface area contributed by atoms with E-state index in [0.717, 1.165) is 18.9 Å². The molecule has 1 heterocycles. The van der Waals surface area contributed by atoms with Crippen LogP contribution in [0.25, 0.3) is 0 Å². The third-order valence-electron chi connectivity index (χ3n) is 3.00. The number of hydrogen-bond acceptors (Lipinski definition) is 1. The monoisotopic (exact) mass is 183 g/mol. The van der Waals surface area contributed by atoms with Crippen molar-refractivity contribution in [2.24, 2.45) is 17.8 Å². The Labute approximate surface area is 81.1 Å². The van der Waals surface area contributed by atoms with Crippen molar-refractivity contribution in [3.63, 3.8) is 0 Å². The van der Waals surface area contributed by atoms with Gasteiger partial charge in [-0.25, -0.2) is 0 Å². The van der Waals surface area contributed by atoms with Gasteiger partial charge in [0.15, 0.2) is 0 Å². The molecule has 1 amide bonds. The van der Waals surface area contributed by atoms with Gasteiger partial charge in [0.1, 0.15) is 0 Å². The van der Waals surface area contributed by atoms with Crippen molar-refractivity contribution in [2.75, 3.05) is 6.54 Å². The molecule has 0 aliphatic carbocycles. The van der Waals surface area contributed by atoms with Crippen molar-refractivity contribution in [3.05, 3.63) is 0 Å². The lowest BCUT2D eigenvalue weighted by Crippen LogP contribution is -2.18. The van der Waals surface area contributed by atoms with Gasteiger partial charge in [-0.15, -0.1) is 0 Å². The maximum absolute atomic E-state index is 11.3. The first-order valence-corrected chi connectivity index (χ1v) is 5.42. The van der Waals surface area contributed by atoms with Gasteiger partial charge in [0, 0.05) is 12.5 Å². The molecule has 76 valence electrons. The zero-order chi connectivity index (χ0) is 9.84. The van der Waals surface area contributed by atoms with Gasteiger partial charge < -0.3 is 5.32 Å². The second-order valence-electron chi connectivity index (χ2n) is 4.49. The number of rotatable bonds is 4. The SMILES string of the molecule is CCC1C(=O)NCC1CCC(C)C. The number of amides is 1. The highest BCUT2D eigenvalue weighted by Crippen LogP contribution is 2.26. The van der Waals surface area contributed by atoms with Gasteiger partial charge in [0.2, 0.25) is 5.91 Å². The highest BCUT2D eigenvalue weighted by atomic mass is 16.2. The molecule has 2 nitrogen and oxygen atoms in total. The van der Waals surface area contributed by atoms with Crippen LogP contribution in [0.15, 0.2) is 0 Å². The lowest BCUT2D eigenvalue weighted by atomic mass is 9.87. The number of nitrogens with one attached hydrogen (secondary N) is 1. The topological polar surface area (TPSA) is 29.1 Å². The molecule has 13 heavy (non-hydrogen) atoms. The van der Waals surface area contributed by atoms with Crippen LogP contribution >= 0.6 is 0 Å². The van der Waals surface area contributed by atoms with Gasteiger partial charge in [-0.3, -0.25) is 4.79 Å². The smallest absolute Gasteiger partial charge is 0.223 e. The van der Waals surface area contributed by atoms with Crippen LogP contribution in [0.1, 0.15) is 40.0 Å². The van der Waals surface area contributed by atoms with E-state index in [1.807, 2.05) is 0 Å². The van der Waals surface area contributed by atoms with Crippen molar-refractivity contribution in [1.82, 2.24) is 5.32 Å². The van der Waals surface area contributed by atoms with Crippen LogP contribution in [0.5, 0.6) is 0 Å². The lowest BCUT2D eigenvalue weighted by molar-refractivity contribution is -0.123. The molecule has 2 unspecified atom stereocenters. The number of hydrogen-bond donors (Lipinski definition) is 1. The Bertz CT molecular complexity index is 177. The minimum atomic E-state index is 0.274. The second-order valence-corrected chi connectivity index (χ2v) is 4.49. The van der Waals surface area contributed by atoms with E-state index >= 15 is 0 Å². The zero-order valence-electron chi connectivity index (χ0n) is 8.97. The summed E-state index contributed by atoms with van der Waals surface area (Å²) in [5.41, 5.74) is 0. The quantitative estimate of drug-likeness (QED) is 0.711. The molecule has 1 fully saturated rings. The minimum Gasteiger partial charge on any atom is -0.356 e. The maximum atomic E-state index is 11.3. The third kappa shape index (κ3) is 2.71. The third-order valence-corrected chi connectivity index (χ3v) is 3.00. The summed E-state index contributed by atoms with van der Waals surface area (Å²) in [6.07, 6.45) is 3.44. The first-order chi connectivity index (χ1) is 6.15. The molecule has 0 saturated carbocycles. The van der Waals surface area contributed by atoms with Crippen LogP contribution in [0.2, 0.25) is 0 Å². The summed E-state index contributed by atoms with van der Waals surface area (Å²) in [7, 11) is 0. The summed E-state index contributed by atoms with van der Waals surface area (Å²) in [6, 6.07) is 0. The summed E-state index contributed by atoms with van der Waals surface area (Å²) in [6.45, 7) is 7.50. The van der Waals surface area contributed by atoms with Crippen LogP contribution in [-0.2, 0) is 4.79 Å². The van der Waals surface area contributed by atoms with Crippen LogP contribution in [0.3, 0.4) is 0 Å². The molecule has 0 aromatic carbocycles. The maximum Gasteiger partial charge on any atom is 0.223 e. The van der Waals surface area contributed by atoms with E-state index in [0.29, 0.717) is 11.8 Å². The van der Waals surface area contributed by atoms with Crippen molar-refractivity contribution >= 4 is 5.91 Å².